The Balaban J connectivity index is 1.76. The lowest BCUT2D eigenvalue weighted by atomic mass is 9.64. The Morgan fingerprint density at radius 2 is 2.39 bits per heavy atom. The minimum atomic E-state index is -1.07. The molecule has 0 unspecified atom stereocenters. The lowest BCUT2D eigenvalue weighted by Gasteiger charge is -2.28. The summed E-state index contributed by atoms with van der Waals surface area (Å²) in [4.78, 5) is 22.3. The van der Waals surface area contributed by atoms with Gasteiger partial charge in [-0.25, -0.2) is 4.98 Å². The number of aryl methyl sites for hydroxylation is 1. The van der Waals surface area contributed by atoms with Gasteiger partial charge < -0.3 is 20.2 Å². The number of oxime groups is 1. The van der Waals surface area contributed by atoms with Crippen molar-refractivity contribution in [2.45, 2.75) is 32.0 Å². The number of para-hydroxylation sites is 1. The Bertz CT molecular complexity index is 876. The van der Waals surface area contributed by atoms with E-state index in [0.717, 1.165) is 11.1 Å². The number of rotatable bonds is 8. The summed E-state index contributed by atoms with van der Waals surface area (Å²) in [6.45, 7) is 2.22. The Kier molecular flexibility index (Phi) is 6.93. The Morgan fingerprint density at radius 1 is 1.57 bits per heavy atom. The van der Waals surface area contributed by atoms with Gasteiger partial charge in [0.1, 0.15) is 18.1 Å². The number of nitrogen functional groups attached to an aromatic ring is 1. The molecule has 0 aliphatic carbocycles. The molecule has 7 nitrogen and oxygen atoms in total. The number of carbonyl (C=O) groups is 1. The van der Waals surface area contributed by atoms with E-state index in [1.807, 2.05) is 25.1 Å². The maximum absolute atomic E-state index is 12.9. The number of hydrogen-bond acceptors (Lipinski definition) is 8. The molecule has 1 aromatic heterocycles. The van der Waals surface area contributed by atoms with E-state index < -0.39 is 12.9 Å². The molecule has 10 heteroatoms. The number of hydrogen-bond donors (Lipinski definition) is 2. The number of alkyl halides is 1. The lowest BCUT2D eigenvalue weighted by molar-refractivity contribution is -0.113. The van der Waals surface area contributed by atoms with Crippen LogP contribution in [0.2, 0.25) is 5.82 Å². The number of nitrogens with two attached hydrogens (primary N) is 1. The molecule has 0 spiro atoms. The second kappa shape index (κ2) is 9.40. The van der Waals surface area contributed by atoms with Gasteiger partial charge in [0.15, 0.2) is 16.6 Å². The zero-order valence-electron chi connectivity index (χ0n) is 15.4. The maximum Gasteiger partial charge on any atom is 0.526 e. The van der Waals surface area contributed by atoms with Crippen LogP contribution in [-0.4, -0.2) is 41.1 Å². The monoisotopic (exact) mass is 421 g/mol. The molecule has 0 fully saturated rings. The van der Waals surface area contributed by atoms with Crippen molar-refractivity contribution in [2.75, 3.05) is 18.2 Å². The van der Waals surface area contributed by atoms with E-state index in [9.17, 15) is 9.82 Å². The van der Waals surface area contributed by atoms with Crippen LogP contribution in [0.5, 0.6) is 5.75 Å². The highest BCUT2D eigenvalue weighted by molar-refractivity contribution is 7.13. The minimum absolute atomic E-state index is 0.0453. The first-order chi connectivity index (χ1) is 13.5. The van der Waals surface area contributed by atoms with Crippen molar-refractivity contribution < 1.29 is 19.3 Å². The van der Waals surface area contributed by atoms with Crippen LogP contribution in [0.25, 0.3) is 0 Å². The zero-order chi connectivity index (χ0) is 20.1. The summed E-state index contributed by atoms with van der Waals surface area (Å²) in [5.74, 6) is 0.433. The fourth-order valence-corrected chi connectivity index (χ4v) is 3.67. The van der Waals surface area contributed by atoms with E-state index in [-0.39, 0.29) is 17.9 Å². The fraction of sp³-hybridized carbons (Fsp3) is 0.389. The molecule has 1 atom stereocenters. The van der Waals surface area contributed by atoms with Gasteiger partial charge in [-0.05, 0) is 30.9 Å². The number of aromatic nitrogens is 1. The molecular weight excluding hydrogens is 401 g/mol. The standard InChI is InChI=1S/C18H21BClN3O4S/c1-11-4-2-5-12-8-13(19(25)27-17(11)12)9-15(24)16(23-26-7-3-6-20)14-10-28-18(21)22-14/h2,4-5,10,13,25H,3,6-9H2,1H3,(H2,21,22)/b23-16-/t13-/m1/s1. The summed E-state index contributed by atoms with van der Waals surface area (Å²) >= 11 is 6.85. The maximum atomic E-state index is 12.9. The van der Waals surface area contributed by atoms with Gasteiger partial charge in [-0.3, -0.25) is 4.79 Å². The largest absolute Gasteiger partial charge is 0.536 e. The molecule has 0 radical (unpaired) electrons. The van der Waals surface area contributed by atoms with E-state index >= 15 is 0 Å². The summed E-state index contributed by atoms with van der Waals surface area (Å²) < 4.78 is 5.66. The van der Waals surface area contributed by atoms with Crippen molar-refractivity contribution in [1.82, 2.24) is 4.98 Å². The molecule has 0 bridgehead atoms. The molecule has 3 rings (SSSR count). The normalized spacial score (nSPS) is 16.5. The molecule has 148 valence electrons. The van der Waals surface area contributed by atoms with E-state index in [1.165, 1.54) is 11.3 Å². The number of ketones is 1. The number of Topliss-reactive ketones (excluding diaryl/α,β-unsaturated/α-hetero) is 1. The van der Waals surface area contributed by atoms with Gasteiger partial charge in [-0.15, -0.1) is 22.9 Å². The van der Waals surface area contributed by atoms with Crippen molar-refractivity contribution in [1.29, 1.82) is 0 Å². The molecule has 0 amide bonds. The average Bonchev–Trinajstić information content (AvgIpc) is 3.09. The van der Waals surface area contributed by atoms with Gasteiger partial charge in [0.25, 0.3) is 0 Å². The van der Waals surface area contributed by atoms with Crippen LogP contribution in [0.4, 0.5) is 5.13 Å². The SMILES string of the molecule is Cc1cccc2c1OB(O)[C@@H](CC(=O)/C(=N\OCCCCl)c1csc(N)n1)C2. The molecule has 1 aliphatic rings. The molecule has 2 heterocycles. The third kappa shape index (κ3) is 4.84. The summed E-state index contributed by atoms with van der Waals surface area (Å²) in [5, 5.41) is 16.4. The summed E-state index contributed by atoms with van der Waals surface area (Å²) in [7, 11) is -1.07. The lowest BCUT2D eigenvalue weighted by Crippen LogP contribution is -2.36. The van der Waals surface area contributed by atoms with E-state index in [4.69, 9.17) is 26.8 Å². The number of fused-ring (bicyclic) bond motifs is 1. The molecule has 1 aromatic carbocycles. The average molecular weight is 422 g/mol. The summed E-state index contributed by atoms with van der Waals surface area (Å²) in [6.07, 6.45) is 1.18. The fourth-order valence-electron chi connectivity index (χ4n) is 3.02. The van der Waals surface area contributed by atoms with Crippen molar-refractivity contribution >= 4 is 46.7 Å². The Morgan fingerprint density at radius 3 is 3.11 bits per heavy atom. The van der Waals surface area contributed by atoms with Gasteiger partial charge >= 0.3 is 7.12 Å². The van der Waals surface area contributed by atoms with E-state index in [1.54, 1.807) is 5.38 Å². The van der Waals surface area contributed by atoms with Gasteiger partial charge in [0, 0.05) is 23.5 Å². The predicted octanol–water partition coefficient (Wildman–Crippen LogP) is 2.83. The van der Waals surface area contributed by atoms with Crippen molar-refractivity contribution in [3.8, 4) is 5.75 Å². The van der Waals surface area contributed by atoms with Gasteiger partial charge in [-0.1, -0.05) is 23.4 Å². The third-order valence-electron chi connectivity index (χ3n) is 4.42. The second-order valence-corrected chi connectivity index (χ2v) is 7.82. The van der Waals surface area contributed by atoms with Crippen LogP contribution in [0.15, 0.2) is 28.7 Å². The minimum Gasteiger partial charge on any atom is -0.536 e. The topological polar surface area (TPSA) is 107 Å². The Labute approximate surface area is 172 Å². The first kappa shape index (κ1) is 20.6. The van der Waals surface area contributed by atoms with Gasteiger partial charge in [-0.2, -0.15) is 0 Å². The molecule has 0 saturated carbocycles. The highest BCUT2D eigenvalue weighted by Gasteiger charge is 2.37. The van der Waals surface area contributed by atoms with E-state index in [0.29, 0.717) is 41.9 Å². The van der Waals surface area contributed by atoms with Crippen LogP contribution in [0.1, 0.15) is 29.7 Å². The van der Waals surface area contributed by atoms with Crippen LogP contribution in [-0.2, 0) is 16.1 Å². The van der Waals surface area contributed by atoms with E-state index in [2.05, 4.69) is 10.1 Å². The summed E-state index contributed by atoms with van der Waals surface area (Å²) in [5.41, 5.74) is 8.06. The zero-order valence-corrected chi connectivity index (χ0v) is 17.0. The number of anilines is 1. The Hall–Kier alpha value is -2.10. The van der Waals surface area contributed by atoms with Crippen LogP contribution in [0.3, 0.4) is 0 Å². The number of halogens is 1. The quantitative estimate of drug-likeness (QED) is 0.223. The molecule has 2 aromatic rings. The van der Waals surface area contributed by atoms with Gasteiger partial charge in [0.05, 0.1) is 0 Å². The highest BCUT2D eigenvalue weighted by atomic mass is 35.5. The van der Waals surface area contributed by atoms with Crippen LogP contribution < -0.4 is 10.4 Å². The third-order valence-corrected chi connectivity index (χ3v) is 5.36. The first-order valence-corrected chi connectivity index (χ1v) is 10.3. The molecule has 3 N–H and O–H groups in total. The van der Waals surface area contributed by atoms with Gasteiger partial charge in [0.2, 0.25) is 0 Å². The molecule has 1 aliphatic heterocycles. The predicted molar refractivity (Wildman–Crippen MR) is 111 cm³/mol. The van der Waals surface area contributed by atoms with Crippen molar-refractivity contribution in [3.63, 3.8) is 0 Å². The number of carbonyl (C=O) groups excluding carboxylic acids is 1. The van der Waals surface area contributed by atoms with Crippen LogP contribution in [0, 0.1) is 6.92 Å². The second-order valence-electron chi connectivity index (χ2n) is 6.55. The van der Waals surface area contributed by atoms with Crippen molar-refractivity contribution in [2.24, 2.45) is 5.16 Å². The molecular formula is C18H21BClN3O4S. The summed E-state index contributed by atoms with van der Waals surface area (Å²) in [6, 6.07) is 5.80. The number of nitrogens with zero attached hydrogens (tertiary/aromatic N) is 2. The molecule has 0 saturated heterocycles. The van der Waals surface area contributed by atoms with Crippen molar-refractivity contribution in [3.05, 3.63) is 40.4 Å². The number of benzene rings is 1. The highest BCUT2D eigenvalue weighted by Crippen LogP contribution is 2.36. The van der Waals surface area contributed by atoms with Crippen LogP contribution >= 0.6 is 22.9 Å². The first-order valence-electron chi connectivity index (χ1n) is 8.93. The molecule has 28 heavy (non-hydrogen) atoms. The number of thiazole rings is 1. The smallest absolute Gasteiger partial charge is 0.526 e.